The molecular formula is C16H23NO4. The number of aliphatic carboxylic acids is 1. The largest absolute Gasteiger partial charge is 0.494 e. The molecule has 0 bridgehead atoms. The lowest BCUT2D eigenvalue weighted by molar-refractivity contribution is -0.143. The zero-order valence-corrected chi connectivity index (χ0v) is 12.8. The Morgan fingerprint density at radius 3 is 2.33 bits per heavy atom. The fourth-order valence-corrected chi connectivity index (χ4v) is 1.94. The quantitative estimate of drug-likeness (QED) is 0.770. The Morgan fingerprint density at radius 1 is 1.24 bits per heavy atom. The van der Waals surface area contributed by atoms with E-state index in [4.69, 9.17) is 9.84 Å². The molecule has 116 valence electrons. The van der Waals surface area contributed by atoms with Crippen LogP contribution in [-0.2, 0) is 16.0 Å². The van der Waals surface area contributed by atoms with E-state index in [0.717, 1.165) is 11.3 Å². The fraction of sp³-hybridized carbons (Fsp3) is 0.500. The van der Waals surface area contributed by atoms with Crippen molar-refractivity contribution in [3.8, 4) is 5.75 Å². The molecule has 1 aromatic rings. The topological polar surface area (TPSA) is 75.6 Å². The summed E-state index contributed by atoms with van der Waals surface area (Å²) in [7, 11) is 0. The molecule has 0 fully saturated rings. The zero-order valence-electron chi connectivity index (χ0n) is 12.8. The van der Waals surface area contributed by atoms with Gasteiger partial charge in [-0.3, -0.25) is 4.79 Å². The van der Waals surface area contributed by atoms with Crippen molar-refractivity contribution in [2.24, 2.45) is 5.92 Å². The first-order chi connectivity index (χ1) is 9.93. The van der Waals surface area contributed by atoms with Crippen molar-refractivity contribution < 1.29 is 19.4 Å². The van der Waals surface area contributed by atoms with E-state index in [-0.39, 0.29) is 18.2 Å². The Balaban J connectivity index is 2.47. The average Bonchev–Trinajstić information content (AvgIpc) is 2.43. The van der Waals surface area contributed by atoms with Gasteiger partial charge in [-0.2, -0.15) is 0 Å². The summed E-state index contributed by atoms with van der Waals surface area (Å²) in [6, 6.07) is 6.72. The van der Waals surface area contributed by atoms with Gasteiger partial charge in [-0.05, 0) is 37.0 Å². The molecule has 0 heterocycles. The minimum atomic E-state index is -1.00. The van der Waals surface area contributed by atoms with Crippen LogP contribution in [0.2, 0.25) is 0 Å². The molecule has 1 aromatic carbocycles. The van der Waals surface area contributed by atoms with Gasteiger partial charge in [-0.25, -0.2) is 4.79 Å². The van der Waals surface area contributed by atoms with Crippen LogP contribution in [0, 0.1) is 5.92 Å². The summed E-state index contributed by atoms with van der Waals surface area (Å²) >= 11 is 0. The second-order valence-electron chi connectivity index (χ2n) is 5.20. The van der Waals surface area contributed by atoms with E-state index in [1.54, 1.807) is 13.8 Å². The predicted octanol–water partition coefficient (Wildman–Crippen LogP) is 2.24. The van der Waals surface area contributed by atoms with Crippen molar-refractivity contribution in [1.82, 2.24) is 5.32 Å². The van der Waals surface area contributed by atoms with Crippen LogP contribution >= 0.6 is 0 Å². The van der Waals surface area contributed by atoms with Gasteiger partial charge in [0.15, 0.2) is 0 Å². The van der Waals surface area contributed by atoms with Gasteiger partial charge in [0.2, 0.25) is 5.91 Å². The van der Waals surface area contributed by atoms with Gasteiger partial charge in [-0.15, -0.1) is 0 Å². The van der Waals surface area contributed by atoms with Crippen LogP contribution in [0.1, 0.15) is 32.8 Å². The van der Waals surface area contributed by atoms with Crippen LogP contribution in [0.15, 0.2) is 24.3 Å². The summed E-state index contributed by atoms with van der Waals surface area (Å²) in [6.45, 7) is 6.08. The molecule has 1 amide bonds. The number of carbonyl (C=O) groups is 2. The standard InChI is InChI=1S/C16H23NO4/c1-4-21-13-8-5-12(6-9-13)7-10-14(18)17-15(11(2)3)16(19)20/h5-6,8-9,11,15H,4,7,10H2,1-3H3,(H,17,18)(H,19,20)/t15-/m1/s1. The van der Waals surface area contributed by atoms with Gasteiger partial charge in [0.05, 0.1) is 6.61 Å². The second-order valence-corrected chi connectivity index (χ2v) is 5.20. The average molecular weight is 293 g/mol. The number of nitrogens with one attached hydrogen (secondary N) is 1. The molecule has 0 radical (unpaired) electrons. The third kappa shape index (κ3) is 5.85. The summed E-state index contributed by atoms with van der Waals surface area (Å²) in [5.74, 6) is -0.585. The van der Waals surface area contributed by atoms with E-state index in [1.807, 2.05) is 31.2 Å². The molecule has 1 rings (SSSR count). The predicted molar refractivity (Wildman–Crippen MR) is 80.3 cm³/mol. The molecule has 0 saturated carbocycles. The van der Waals surface area contributed by atoms with Crippen molar-refractivity contribution in [2.45, 2.75) is 39.7 Å². The highest BCUT2D eigenvalue weighted by molar-refractivity contribution is 5.83. The Hall–Kier alpha value is -2.04. The number of hydrogen-bond acceptors (Lipinski definition) is 3. The van der Waals surface area contributed by atoms with Crippen molar-refractivity contribution in [3.63, 3.8) is 0 Å². The molecule has 0 saturated heterocycles. The first-order valence-corrected chi connectivity index (χ1v) is 7.18. The first kappa shape index (κ1) is 17.0. The Morgan fingerprint density at radius 2 is 1.86 bits per heavy atom. The van der Waals surface area contributed by atoms with Crippen LogP contribution < -0.4 is 10.1 Å². The Labute approximate surface area is 125 Å². The van der Waals surface area contributed by atoms with E-state index in [0.29, 0.717) is 13.0 Å². The smallest absolute Gasteiger partial charge is 0.326 e. The van der Waals surface area contributed by atoms with Crippen LogP contribution in [0.25, 0.3) is 0 Å². The molecule has 5 nitrogen and oxygen atoms in total. The van der Waals surface area contributed by atoms with E-state index < -0.39 is 12.0 Å². The molecular weight excluding hydrogens is 270 g/mol. The van der Waals surface area contributed by atoms with Crippen LogP contribution in [-0.4, -0.2) is 29.6 Å². The number of carbonyl (C=O) groups excluding carboxylic acids is 1. The van der Waals surface area contributed by atoms with Crippen LogP contribution in [0.3, 0.4) is 0 Å². The van der Waals surface area contributed by atoms with Gasteiger partial charge in [0.1, 0.15) is 11.8 Å². The SMILES string of the molecule is CCOc1ccc(CCC(=O)N[C@@H](C(=O)O)C(C)C)cc1. The minimum Gasteiger partial charge on any atom is -0.494 e. The summed E-state index contributed by atoms with van der Waals surface area (Å²) in [5, 5.41) is 11.6. The lowest BCUT2D eigenvalue weighted by Gasteiger charge is -2.17. The van der Waals surface area contributed by atoms with Crippen LogP contribution in [0.4, 0.5) is 0 Å². The number of carboxylic acids is 1. The molecule has 0 spiro atoms. The Bertz CT molecular complexity index is 468. The highest BCUT2D eigenvalue weighted by Gasteiger charge is 2.22. The van der Waals surface area contributed by atoms with E-state index in [2.05, 4.69) is 5.32 Å². The second kappa shape index (κ2) is 8.29. The maximum absolute atomic E-state index is 11.8. The third-order valence-corrected chi connectivity index (χ3v) is 3.12. The number of carboxylic acid groups (broad SMARTS) is 1. The zero-order chi connectivity index (χ0) is 15.8. The van der Waals surface area contributed by atoms with Crippen LogP contribution in [0.5, 0.6) is 5.75 Å². The normalized spacial score (nSPS) is 12.0. The summed E-state index contributed by atoms with van der Waals surface area (Å²) in [5.41, 5.74) is 1.02. The van der Waals surface area contributed by atoms with E-state index >= 15 is 0 Å². The molecule has 0 aliphatic carbocycles. The number of hydrogen-bond donors (Lipinski definition) is 2. The van der Waals surface area contributed by atoms with Gasteiger partial charge >= 0.3 is 5.97 Å². The lowest BCUT2D eigenvalue weighted by atomic mass is 10.0. The molecule has 1 atom stereocenters. The number of aryl methyl sites for hydroxylation is 1. The van der Waals surface area contributed by atoms with Crippen molar-refractivity contribution >= 4 is 11.9 Å². The minimum absolute atomic E-state index is 0.142. The number of rotatable bonds is 8. The summed E-state index contributed by atoms with van der Waals surface area (Å²) in [6.07, 6.45) is 0.840. The molecule has 0 aliphatic heterocycles. The maximum atomic E-state index is 11.8. The molecule has 21 heavy (non-hydrogen) atoms. The molecule has 2 N–H and O–H groups in total. The number of ether oxygens (including phenoxy) is 1. The molecule has 5 heteroatoms. The molecule has 0 unspecified atom stereocenters. The highest BCUT2D eigenvalue weighted by atomic mass is 16.5. The first-order valence-electron chi connectivity index (χ1n) is 7.18. The third-order valence-electron chi connectivity index (χ3n) is 3.12. The lowest BCUT2D eigenvalue weighted by Crippen LogP contribution is -2.44. The monoisotopic (exact) mass is 293 g/mol. The van der Waals surface area contributed by atoms with Gasteiger partial charge in [-0.1, -0.05) is 26.0 Å². The van der Waals surface area contributed by atoms with Gasteiger partial charge < -0.3 is 15.2 Å². The maximum Gasteiger partial charge on any atom is 0.326 e. The highest BCUT2D eigenvalue weighted by Crippen LogP contribution is 2.13. The van der Waals surface area contributed by atoms with Crippen molar-refractivity contribution in [3.05, 3.63) is 29.8 Å². The molecule has 0 aliphatic rings. The summed E-state index contributed by atoms with van der Waals surface area (Å²) < 4.78 is 5.35. The summed E-state index contributed by atoms with van der Waals surface area (Å²) in [4.78, 5) is 22.8. The van der Waals surface area contributed by atoms with Gasteiger partial charge in [0, 0.05) is 6.42 Å². The fourth-order valence-electron chi connectivity index (χ4n) is 1.94. The molecule has 0 aromatic heterocycles. The van der Waals surface area contributed by atoms with Crippen molar-refractivity contribution in [1.29, 1.82) is 0 Å². The van der Waals surface area contributed by atoms with Gasteiger partial charge in [0.25, 0.3) is 0 Å². The van der Waals surface area contributed by atoms with Crippen molar-refractivity contribution in [2.75, 3.05) is 6.61 Å². The number of amides is 1. The number of benzene rings is 1. The van der Waals surface area contributed by atoms with E-state index in [1.165, 1.54) is 0 Å². The van der Waals surface area contributed by atoms with E-state index in [9.17, 15) is 9.59 Å². The Kier molecular flexibility index (Phi) is 6.72.